The summed E-state index contributed by atoms with van der Waals surface area (Å²) in [5.74, 6) is 0.470. The Morgan fingerprint density at radius 1 is 0.979 bits per heavy atom. The number of nitrogens with zero attached hydrogens (tertiary/aromatic N) is 3. The van der Waals surface area contributed by atoms with Crippen LogP contribution in [0.4, 0.5) is 4.79 Å². The molecule has 3 fully saturated rings. The number of ether oxygens (including phenoxy) is 4. The van der Waals surface area contributed by atoms with Gasteiger partial charge in [0, 0.05) is 12.0 Å². The highest BCUT2D eigenvalue weighted by molar-refractivity contribution is 5.91. The van der Waals surface area contributed by atoms with Crippen molar-refractivity contribution in [3.63, 3.8) is 0 Å². The van der Waals surface area contributed by atoms with Crippen molar-refractivity contribution in [1.29, 1.82) is 0 Å². The molecule has 3 heterocycles. The van der Waals surface area contributed by atoms with Crippen molar-refractivity contribution >= 4 is 29.0 Å². The van der Waals surface area contributed by atoms with Crippen LogP contribution < -0.4 is 14.8 Å². The molecule has 2 amide bonds. The van der Waals surface area contributed by atoms with E-state index in [9.17, 15) is 14.4 Å². The van der Waals surface area contributed by atoms with E-state index in [1.807, 2.05) is 39.0 Å². The van der Waals surface area contributed by atoms with Crippen LogP contribution in [0.2, 0.25) is 0 Å². The molecule has 0 radical (unpaired) electrons. The van der Waals surface area contributed by atoms with Crippen LogP contribution in [0.25, 0.3) is 11.0 Å². The van der Waals surface area contributed by atoms with Crippen LogP contribution in [0.15, 0.2) is 18.2 Å². The second-order valence-electron chi connectivity index (χ2n) is 14.6. The Hall–Kier alpha value is -3.63. The van der Waals surface area contributed by atoms with E-state index < -0.39 is 30.3 Å². The highest BCUT2D eigenvalue weighted by atomic mass is 16.6. The zero-order valence-corrected chi connectivity index (χ0v) is 28.9. The summed E-state index contributed by atoms with van der Waals surface area (Å²) in [6, 6.07) is 3.97. The molecule has 2 aromatic rings. The zero-order valence-electron chi connectivity index (χ0n) is 28.9. The maximum absolute atomic E-state index is 14.7. The second-order valence-corrected chi connectivity index (χ2v) is 14.6. The Balaban J connectivity index is 1.38. The third-order valence-corrected chi connectivity index (χ3v) is 10.6. The molecule has 11 nitrogen and oxygen atoms in total. The second kappa shape index (κ2) is 15.3. The van der Waals surface area contributed by atoms with Gasteiger partial charge in [-0.3, -0.25) is 4.79 Å². The Labute approximate surface area is 283 Å². The van der Waals surface area contributed by atoms with Crippen LogP contribution in [-0.4, -0.2) is 77.4 Å². The highest BCUT2D eigenvalue weighted by Gasteiger charge is 2.52. The molecular formula is C37H52N4O7. The largest absolute Gasteiger partial charge is 0.497 e. The molecule has 262 valence electrons. The van der Waals surface area contributed by atoms with Crippen LogP contribution in [0, 0.1) is 23.7 Å². The number of alkyl carbamates (subject to hydrolysis) is 1. The summed E-state index contributed by atoms with van der Waals surface area (Å²) >= 11 is 0. The lowest BCUT2D eigenvalue weighted by Crippen LogP contribution is -2.56. The summed E-state index contributed by atoms with van der Waals surface area (Å²) in [7, 11) is 1.62. The topological polar surface area (TPSA) is 129 Å². The van der Waals surface area contributed by atoms with Crippen LogP contribution in [-0.2, 0) is 25.5 Å². The van der Waals surface area contributed by atoms with Gasteiger partial charge in [0.25, 0.3) is 0 Å². The van der Waals surface area contributed by atoms with E-state index in [0.717, 1.165) is 75.4 Å². The van der Waals surface area contributed by atoms with Crippen molar-refractivity contribution in [3.8, 4) is 11.6 Å². The summed E-state index contributed by atoms with van der Waals surface area (Å²) in [5, 5.41) is 2.99. The first-order valence-electron chi connectivity index (χ1n) is 18.2. The fourth-order valence-electron chi connectivity index (χ4n) is 7.80. The van der Waals surface area contributed by atoms with Gasteiger partial charge in [-0.05, 0) is 74.8 Å². The maximum Gasteiger partial charge on any atom is 0.408 e. The van der Waals surface area contributed by atoms with E-state index in [-0.39, 0.29) is 42.9 Å². The molecule has 2 saturated carbocycles. The first-order valence-corrected chi connectivity index (χ1v) is 18.2. The smallest absolute Gasteiger partial charge is 0.408 e. The standard InChI is InChI=1S/C37H52N4O7/c1-5-26-31-20-41(33(26)36(43)46-21-22(2)3)35(42)32(23-12-8-6-9-13-23)40-37(44)48-30-18-24(30)14-10-7-11-15-28-34(47-31)39-29-19-25(45-4)16-17-27(29)38-28/h16-17,19,22-24,26,30-33H,5-15,18,20-21H2,1-4H3,(H,40,44)/t24-,26?,30-,31+,32+,33+/m1/s1. The Bertz CT molecular complexity index is 1460. The molecule has 1 N–H and O–H groups in total. The van der Waals surface area contributed by atoms with Gasteiger partial charge < -0.3 is 29.2 Å². The van der Waals surface area contributed by atoms with E-state index in [0.29, 0.717) is 35.9 Å². The third kappa shape index (κ3) is 7.81. The molecular weight excluding hydrogens is 612 g/mol. The van der Waals surface area contributed by atoms with E-state index in [2.05, 4.69) is 5.32 Å². The summed E-state index contributed by atoms with van der Waals surface area (Å²) in [6.07, 6.45) is 9.60. The van der Waals surface area contributed by atoms with E-state index in [1.165, 1.54) is 0 Å². The van der Waals surface area contributed by atoms with Crippen molar-refractivity contribution in [2.45, 2.75) is 122 Å². The molecule has 2 aliphatic carbocycles. The molecule has 4 aliphatic rings. The molecule has 6 rings (SSSR count). The van der Waals surface area contributed by atoms with Gasteiger partial charge in [0.1, 0.15) is 35.7 Å². The number of hydrogen-bond donors (Lipinski definition) is 1. The number of aryl methyl sites for hydroxylation is 1. The van der Waals surface area contributed by atoms with E-state index in [4.69, 9.17) is 28.9 Å². The first-order chi connectivity index (χ1) is 23.2. The van der Waals surface area contributed by atoms with Crippen LogP contribution in [0.5, 0.6) is 11.6 Å². The van der Waals surface area contributed by atoms with Crippen molar-refractivity contribution in [2.75, 3.05) is 20.3 Å². The predicted molar refractivity (Wildman–Crippen MR) is 180 cm³/mol. The molecule has 1 aromatic heterocycles. The van der Waals surface area contributed by atoms with Gasteiger partial charge in [-0.25, -0.2) is 19.6 Å². The Kier molecular flexibility index (Phi) is 10.9. The van der Waals surface area contributed by atoms with Gasteiger partial charge in [0.2, 0.25) is 11.8 Å². The van der Waals surface area contributed by atoms with Gasteiger partial charge in [0.05, 0.1) is 31.3 Å². The number of carbonyl (C=O) groups excluding carboxylic acids is 3. The monoisotopic (exact) mass is 664 g/mol. The number of fused-ring (bicyclic) bond motifs is 5. The number of benzene rings is 1. The maximum atomic E-state index is 14.7. The lowest BCUT2D eigenvalue weighted by atomic mass is 9.83. The number of carbonyl (C=O) groups is 3. The SMILES string of the molecule is CCC1[C@@H]2CN(C(=O)[C@H](C3CCCCC3)NC(=O)O[C@@H]3C[C@H]3CCCCCc3nc4ccc(OC)cc4nc3O2)[C@@H]1C(=O)OCC(C)C. The fraction of sp³-hybridized carbons (Fsp3) is 0.703. The average molecular weight is 665 g/mol. The summed E-state index contributed by atoms with van der Waals surface area (Å²) < 4.78 is 23.9. The minimum atomic E-state index is -0.859. The number of hydrogen-bond acceptors (Lipinski definition) is 9. The fourth-order valence-corrected chi connectivity index (χ4v) is 7.80. The van der Waals surface area contributed by atoms with Crippen LogP contribution in [0.3, 0.4) is 0 Å². The number of aromatic nitrogens is 2. The number of rotatable bonds is 6. The van der Waals surface area contributed by atoms with Gasteiger partial charge in [-0.1, -0.05) is 52.9 Å². The molecule has 2 bridgehead atoms. The minimum Gasteiger partial charge on any atom is -0.497 e. The molecule has 0 spiro atoms. The first kappa shape index (κ1) is 34.2. The molecule has 2 aliphatic heterocycles. The van der Waals surface area contributed by atoms with Crippen molar-refractivity contribution in [1.82, 2.24) is 20.2 Å². The zero-order chi connectivity index (χ0) is 33.8. The van der Waals surface area contributed by atoms with Crippen LogP contribution in [0.1, 0.15) is 97.1 Å². The number of methoxy groups -OCH3 is 1. The van der Waals surface area contributed by atoms with Crippen LogP contribution >= 0.6 is 0 Å². The minimum absolute atomic E-state index is 0.0419. The van der Waals surface area contributed by atoms with Crippen molar-refractivity contribution < 1.29 is 33.3 Å². The molecule has 1 unspecified atom stereocenters. The normalized spacial score (nSPS) is 28.7. The summed E-state index contributed by atoms with van der Waals surface area (Å²) in [5.41, 5.74) is 2.18. The molecule has 1 aromatic carbocycles. The summed E-state index contributed by atoms with van der Waals surface area (Å²) in [6.45, 7) is 6.39. The predicted octanol–water partition coefficient (Wildman–Crippen LogP) is 6.00. The number of nitrogens with one attached hydrogen (secondary N) is 1. The van der Waals surface area contributed by atoms with Gasteiger partial charge in [-0.2, -0.15) is 0 Å². The molecule has 11 heteroatoms. The molecule has 6 atom stereocenters. The number of amides is 2. The highest BCUT2D eigenvalue weighted by Crippen LogP contribution is 2.39. The average Bonchev–Trinajstić information content (AvgIpc) is 3.71. The van der Waals surface area contributed by atoms with Crippen molar-refractivity contribution in [2.24, 2.45) is 23.7 Å². The van der Waals surface area contributed by atoms with E-state index in [1.54, 1.807) is 12.0 Å². The van der Waals surface area contributed by atoms with E-state index >= 15 is 0 Å². The van der Waals surface area contributed by atoms with Crippen molar-refractivity contribution in [3.05, 3.63) is 23.9 Å². The lowest BCUT2D eigenvalue weighted by Gasteiger charge is -2.34. The summed E-state index contributed by atoms with van der Waals surface area (Å²) in [4.78, 5) is 53.4. The van der Waals surface area contributed by atoms with Gasteiger partial charge >= 0.3 is 12.1 Å². The Morgan fingerprint density at radius 2 is 1.73 bits per heavy atom. The number of esters is 1. The van der Waals surface area contributed by atoms with Gasteiger partial charge in [0.15, 0.2) is 0 Å². The molecule has 48 heavy (non-hydrogen) atoms. The quantitative estimate of drug-likeness (QED) is 0.370. The van der Waals surface area contributed by atoms with Gasteiger partial charge in [-0.15, -0.1) is 0 Å². The lowest BCUT2D eigenvalue weighted by molar-refractivity contribution is -0.156. The molecule has 1 saturated heterocycles. The third-order valence-electron chi connectivity index (χ3n) is 10.6. The Morgan fingerprint density at radius 3 is 2.46 bits per heavy atom.